The van der Waals surface area contributed by atoms with Gasteiger partial charge in [-0.25, -0.2) is 9.07 Å². The summed E-state index contributed by atoms with van der Waals surface area (Å²) in [4.78, 5) is 20.1. The third-order valence-electron chi connectivity index (χ3n) is 7.15. The van der Waals surface area contributed by atoms with Gasteiger partial charge in [0.2, 0.25) is 11.9 Å². The maximum atomic E-state index is 14.9. The molecule has 1 amide bonds. The van der Waals surface area contributed by atoms with Crippen molar-refractivity contribution in [2.45, 2.75) is 6.54 Å². The zero-order chi connectivity index (χ0) is 28.3. The zero-order valence-electron chi connectivity index (χ0n) is 22.4. The Labute approximate surface area is 234 Å². The standard InChI is InChI=1S/C27H31FN10O3/c28-20-14-18(40-13-5-31-25(39)16-29)3-4-22(20)36-9-6-35(7-10-36)8-11-37-26-19(17-32-37)23-15-21(24-2-1-12-41-24)34-38(23)27(30)33-26/h1-4,12,14-15,17H,5-11,13,16,29H2,(H2,30,33)(H,31,39). The molecule has 0 saturated carbocycles. The minimum Gasteiger partial charge on any atom is -0.492 e. The maximum Gasteiger partial charge on any atom is 0.233 e. The van der Waals surface area contributed by atoms with Crippen LogP contribution in [0.3, 0.4) is 0 Å². The average molecular weight is 563 g/mol. The van der Waals surface area contributed by atoms with Gasteiger partial charge >= 0.3 is 0 Å². The number of piperazine rings is 1. The second kappa shape index (κ2) is 11.4. The van der Waals surface area contributed by atoms with E-state index < -0.39 is 0 Å². The first kappa shape index (κ1) is 26.5. The molecule has 5 heterocycles. The van der Waals surface area contributed by atoms with Crippen LogP contribution in [0.5, 0.6) is 5.75 Å². The van der Waals surface area contributed by atoms with Crippen molar-refractivity contribution in [3.8, 4) is 17.2 Å². The first-order valence-corrected chi connectivity index (χ1v) is 13.4. The highest BCUT2D eigenvalue weighted by molar-refractivity contribution is 5.93. The summed E-state index contributed by atoms with van der Waals surface area (Å²) in [6.45, 7) is 4.82. The third kappa shape index (κ3) is 5.51. The number of nitrogens with one attached hydrogen (secondary N) is 1. The Morgan fingerprint density at radius 3 is 2.76 bits per heavy atom. The van der Waals surface area contributed by atoms with Gasteiger partial charge in [0.25, 0.3) is 0 Å². The summed E-state index contributed by atoms with van der Waals surface area (Å²) >= 11 is 0. The van der Waals surface area contributed by atoms with Crippen molar-refractivity contribution in [2.75, 3.05) is 63.1 Å². The van der Waals surface area contributed by atoms with E-state index in [1.165, 1.54) is 6.07 Å². The normalized spacial score (nSPS) is 14.2. The third-order valence-corrected chi connectivity index (χ3v) is 7.15. The van der Waals surface area contributed by atoms with Crippen LogP contribution in [0, 0.1) is 5.82 Å². The lowest BCUT2D eigenvalue weighted by Gasteiger charge is -2.36. The van der Waals surface area contributed by atoms with Crippen molar-refractivity contribution in [3.63, 3.8) is 0 Å². The van der Waals surface area contributed by atoms with Crippen molar-refractivity contribution >= 4 is 34.1 Å². The van der Waals surface area contributed by atoms with Crippen LogP contribution in [-0.4, -0.2) is 87.6 Å². The topological polar surface area (TPSA) is 158 Å². The molecule has 1 aliphatic rings. The highest BCUT2D eigenvalue weighted by atomic mass is 19.1. The van der Waals surface area contributed by atoms with Crippen LogP contribution in [0.2, 0.25) is 0 Å². The highest BCUT2D eigenvalue weighted by Gasteiger charge is 2.21. The van der Waals surface area contributed by atoms with Gasteiger partial charge in [0.1, 0.15) is 23.9 Å². The minimum atomic E-state index is -0.338. The predicted molar refractivity (Wildman–Crippen MR) is 151 cm³/mol. The minimum absolute atomic E-state index is 0.0764. The number of nitrogen functional groups attached to an aromatic ring is 1. The molecule has 0 unspecified atom stereocenters. The molecule has 5 N–H and O–H groups in total. The Morgan fingerprint density at radius 2 is 2.00 bits per heavy atom. The number of benzene rings is 1. The summed E-state index contributed by atoms with van der Waals surface area (Å²) in [6.07, 6.45) is 3.39. The first-order valence-electron chi connectivity index (χ1n) is 13.4. The van der Waals surface area contributed by atoms with E-state index in [0.717, 1.165) is 30.5 Å². The Morgan fingerprint density at radius 1 is 1.15 bits per heavy atom. The quantitative estimate of drug-likeness (QED) is 0.212. The molecule has 0 aliphatic carbocycles. The number of hydrogen-bond acceptors (Lipinski definition) is 10. The number of anilines is 2. The average Bonchev–Trinajstić information content (AvgIpc) is 3.75. The van der Waals surface area contributed by atoms with Gasteiger partial charge in [-0.2, -0.15) is 19.7 Å². The second-order valence-corrected chi connectivity index (χ2v) is 9.72. The molecule has 0 spiro atoms. The lowest BCUT2D eigenvalue weighted by atomic mass is 10.2. The van der Waals surface area contributed by atoms with Crippen molar-refractivity contribution in [1.29, 1.82) is 0 Å². The number of carbonyl (C=O) groups is 1. The molecule has 5 aromatic rings. The Kier molecular flexibility index (Phi) is 7.39. The molecular weight excluding hydrogens is 531 g/mol. The number of carbonyl (C=O) groups excluding carboxylic acids is 1. The number of aromatic nitrogens is 5. The molecule has 0 atom stereocenters. The van der Waals surface area contributed by atoms with Gasteiger partial charge in [-0.05, 0) is 30.3 Å². The molecule has 0 radical (unpaired) electrons. The molecule has 1 fully saturated rings. The number of nitrogens with two attached hydrogens (primary N) is 2. The van der Waals surface area contributed by atoms with E-state index in [0.29, 0.717) is 54.7 Å². The van der Waals surface area contributed by atoms with Crippen molar-refractivity contribution < 1.29 is 18.3 Å². The Hall–Kier alpha value is -4.69. The van der Waals surface area contributed by atoms with E-state index in [-0.39, 0.29) is 30.8 Å². The molecular formula is C27H31FN10O3. The molecule has 4 aromatic heterocycles. The first-order chi connectivity index (χ1) is 20.0. The fourth-order valence-corrected chi connectivity index (χ4v) is 5.00. The molecule has 13 nitrogen and oxygen atoms in total. The molecule has 214 valence electrons. The summed E-state index contributed by atoms with van der Waals surface area (Å²) in [5.74, 6) is 0.748. The molecule has 14 heteroatoms. The Balaban J connectivity index is 1.04. The summed E-state index contributed by atoms with van der Waals surface area (Å²) in [5, 5.41) is 12.6. The van der Waals surface area contributed by atoms with E-state index in [1.54, 1.807) is 29.1 Å². The largest absolute Gasteiger partial charge is 0.492 e. The number of halogens is 1. The number of hydrogen-bond donors (Lipinski definition) is 3. The lowest BCUT2D eigenvalue weighted by Crippen LogP contribution is -2.47. The molecule has 1 saturated heterocycles. The molecule has 0 bridgehead atoms. The van der Waals surface area contributed by atoms with Gasteiger partial charge in [-0.1, -0.05) is 0 Å². The number of rotatable bonds is 10. The molecule has 6 rings (SSSR count). The van der Waals surface area contributed by atoms with Gasteiger partial charge < -0.3 is 30.8 Å². The fourth-order valence-electron chi connectivity index (χ4n) is 5.00. The molecule has 1 aliphatic heterocycles. The van der Waals surface area contributed by atoms with E-state index in [4.69, 9.17) is 20.6 Å². The van der Waals surface area contributed by atoms with Crippen LogP contribution in [0.4, 0.5) is 16.0 Å². The van der Waals surface area contributed by atoms with Gasteiger partial charge in [-0.3, -0.25) is 9.69 Å². The smallest absolute Gasteiger partial charge is 0.233 e. The monoisotopic (exact) mass is 562 g/mol. The number of ether oxygens (including phenoxy) is 1. The van der Waals surface area contributed by atoms with Crippen molar-refractivity contribution in [2.24, 2.45) is 5.73 Å². The number of furan rings is 1. The summed E-state index contributed by atoms with van der Waals surface area (Å²) in [6, 6.07) is 10.4. The number of fused-ring (bicyclic) bond motifs is 3. The SMILES string of the molecule is NCC(=O)NCCOc1ccc(N2CCN(CCn3ncc4c3nc(N)n3nc(-c5ccco5)cc43)CC2)c(F)c1. The number of amides is 1. The van der Waals surface area contributed by atoms with E-state index in [2.05, 4.69) is 25.4 Å². The zero-order valence-corrected chi connectivity index (χ0v) is 22.4. The fraction of sp³-hybridized carbons (Fsp3) is 0.333. The van der Waals surface area contributed by atoms with Gasteiger partial charge in [0.15, 0.2) is 11.4 Å². The van der Waals surface area contributed by atoms with Gasteiger partial charge in [-0.15, -0.1) is 0 Å². The van der Waals surface area contributed by atoms with E-state index in [9.17, 15) is 9.18 Å². The van der Waals surface area contributed by atoms with Crippen LogP contribution in [-0.2, 0) is 11.3 Å². The predicted octanol–water partition coefficient (Wildman–Crippen LogP) is 1.34. The van der Waals surface area contributed by atoms with Gasteiger partial charge in [0, 0.05) is 38.8 Å². The lowest BCUT2D eigenvalue weighted by molar-refractivity contribution is -0.119. The van der Waals surface area contributed by atoms with Crippen molar-refractivity contribution in [3.05, 3.63) is 54.7 Å². The van der Waals surface area contributed by atoms with Crippen LogP contribution >= 0.6 is 0 Å². The molecule has 1 aromatic carbocycles. The maximum absolute atomic E-state index is 14.9. The van der Waals surface area contributed by atoms with E-state index in [1.807, 2.05) is 27.8 Å². The summed E-state index contributed by atoms with van der Waals surface area (Å²) in [5.41, 5.74) is 14.2. The van der Waals surface area contributed by atoms with E-state index >= 15 is 0 Å². The highest BCUT2D eigenvalue weighted by Crippen LogP contribution is 2.27. The van der Waals surface area contributed by atoms with Crippen LogP contribution in [0.25, 0.3) is 28.0 Å². The van der Waals surface area contributed by atoms with Gasteiger partial charge in [0.05, 0.1) is 48.7 Å². The Bertz CT molecular complexity index is 1660. The van der Waals surface area contributed by atoms with Crippen LogP contribution < -0.4 is 26.4 Å². The van der Waals surface area contributed by atoms with Crippen molar-refractivity contribution in [1.82, 2.24) is 34.6 Å². The second-order valence-electron chi connectivity index (χ2n) is 9.72. The molecule has 41 heavy (non-hydrogen) atoms. The summed E-state index contributed by atoms with van der Waals surface area (Å²) < 4.78 is 29.3. The van der Waals surface area contributed by atoms with Crippen LogP contribution in [0.15, 0.2) is 53.3 Å². The van der Waals surface area contributed by atoms with Crippen LogP contribution in [0.1, 0.15) is 0 Å². The summed E-state index contributed by atoms with van der Waals surface area (Å²) in [7, 11) is 0. The number of nitrogens with zero attached hydrogens (tertiary/aromatic N) is 7.